The topological polar surface area (TPSA) is 58.6 Å². The lowest BCUT2D eigenvalue weighted by Gasteiger charge is -2.33. The highest BCUT2D eigenvalue weighted by atomic mass is 32.2. The van der Waals surface area contributed by atoms with Gasteiger partial charge in [-0.2, -0.15) is 0 Å². The van der Waals surface area contributed by atoms with E-state index in [0.717, 1.165) is 43.0 Å². The first-order valence-corrected chi connectivity index (χ1v) is 9.49. The van der Waals surface area contributed by atoms with Crippen LogP contribution < -0.4 is 5.32 Å². The molecule has 3 rings (SSSR count). The predicted octanol–water partition coefficient (Wildman–Crippen LogP) is 3.15. The van der Waals surface area contributed by atoms with E-state index in [1.807, 2.05) is 24.0 Å². The third-order valence-electron chi connectivity index (χ3n) is 4.38. The summed E-state index contributed by atoms with van der Waals surface area (Å²) in [5.41, 5.74) is 1.37. The first-order valence-electron chi connectivity index (χ1n) is 8.61. The van der Waals surface area contributed by atoms with Crippen molar-refractivity contribution in [2.75, 3.05) is 25.0 Å². The number of anilines is 1. The number of fused-ring (bicyclic) bond motifs is 1. The first kappa shape index (κ1) is 17.3. The van der Waals surface area contributed by atoms with Crippen molar-refractivity contribution < 1.29 is 14.3 Å². The average Bonchev–Trinajstić information content (AvgIpc) is 2.60. The summed E-state index contributed by atoms with van der Waals surface area (Å²) in [4.78, 5) is 27.5. The van der Waals surface area contributed by atoms with E-state index < -0.39 is 0 Å². The van der Waals surface area contributed by atoms with Gasteiger partial charge in [-0.1, -0.05) is 6.92 Å². The Morgan fingerprint density at radius 2 is 2.29 bits per heavy atom. The maximum atomic E-state index is 12.8. The number of ether oxygens (including phenoxy) is 1. The highest BCUT2D eigenvalue weighted by Crippen LogP contribution is 2.36. The number of carbonyl (C=O) groups excluding carboxylic acids is 2. The van der Waals surface area contributed by atoms with Crippen LogP contribution in [0.3, 0.4) is 0 Å². The molecule has 2 aliphatic heterocycles. The zero-order chi connectivity index (χ0) is 17.1. The van der Waals surface area contributed by atoms with Crippen LogP contribution in [0.1, 0.15) is 43.5 Å². The Morgan fingerprint density at radius 1 is 1.46 bits per heavy atom. The number of amides is 2. The van der Waals surface area contributed by atoms with Gasteiger partial charge in [-0.05, 0) is 44.4 Å². The second-order valence-corrected chi connectivity index (χ2v) is 7.73. The molecule has 2 atom stereocenters. The number of likely N-dealkylation sites (tertiary alicyclic amines) is 1. The van der Waals surface area contributed by atoms with Crippen molar-refractivity contribution in [3.63, 3.8) is 0 Å². The van der Waals surface area contributed by atoms with Crippen molar-refractivity contribution in [2.24, 2.45) is 0 Å². The van der Waals surface area contributed by atoms with Crippen molar-refractivity contribution in [2.45, 2.75) is 49.4 Å². The SMILES string of the molecule is CCCO[C@@H]1CCCN(C(=O)c2ccc3c(c2)NC(=O)[C@@H](C)S3)C1. The number of nitrogens with one attached hydrogen (secondary N) is 1. The maximum Gasteiger partial charge on any atom is 0.254 e. The van der Waals surface area contributed by atoms with Crippen molar-refractivity contribution in [3.8, 4) is 0 Å². The third-order valence-corrected chi connectivity index (χ3v) is 5.56. The Hall–Kier alpha value is -1.53. The van der Waals surface area contributed by atoms with Crippen LogP contribution in [-0.4, -0.2) is 47.8 Å². The molecule has 6 heteroatoms. The maximum absolute atomic E-state index is 12.8. The Bertz CT molecular complexity index is 635. The second-order valence-electron chi connectivity index (χ2n) is 6.35. The van der Waals surface area contributed by atoms with Crippen molar-refractivity contribution in [1.29, 1.82) is 0 Å². The average molecular weight is 348 g/mol. The highest BCUT2D eigenvalue weighted by molar-refractivity contribution is 8.00. The molecular weight excluding hydrogens is 324 g/mol. The number of hydrogen-bond donors (Lipinski definition) is 1. The second kappa shape index (κ2) is 7.57. The van der Waals surface area contributed by atoms with Gasteiger partial charge in [0.1, 0.15) is 0 Å². The van der Waals surface area contributed by atoms with Crippen LogP contribution in [0.25, 0.3) is 0 Å². The molecule has 2 amide bonds. The van der Waals surface area contributed by atoms with E-state index in [1.165, 1.54) is 11.8 Å². The number of nitrogens with zero attached hydrogens (tertiary/aromatic N) is 1. The van der Waals surface area contributed by atoms with Gasteiger partial charge in [0, 0.05) is 30.2 Å². The predicted molar refractivity (Wildman–Crippen MR) is 95.6 cm³/mol. The van der Waals surface area contributed by atoms with E-state index in [-0.39, 0.29) is 23.2 Å². The van der Waals surface area contributed by atoms with Gasteiger partial charge in [-0.3, -0.25) is 9.59 Å². The molecule has 2 aliphatic rings. The van der Waals surface area contributed by atoms with Crippen LogP contribution in [0.2, 0.25) is 0 Å². The first-order chi connectivity index (χ1) is 11.6. The van der Waals surface area contributed by atoms with Crippen molar-refractivity contribution >= 4 is 29.3 Å². The van der Waals surface area contributed by atoms with Crippen LogP contribution in [0, 0.1) is 0 Å². The van der Waals surface area contributed by atoms with E-state index in [0.29, 0.717) is 12.1 Å². The lowest BCUT2D eigenvalue weighted by Crippen LogP contribution is -2.43. The Balaban J connectivity index is 1.71. The van der Waals surface area contributed by atoms with E-state index in [2.05, 4.69) is 12.2 Å². The zero-order valence-corrected chi connectivity index (χ0v) is 15.0. The Morgan fingerprint density at radius 3 is 3.08 bits per heavy atom. The molecule has 0 unspecified atom stereocenters. The molecule has 1 aromatic carbocycles. The van der Waals surface area contributed by atoms with Crippen molar-refractivity contribution in [3.05, 3.63) is 23.8 Å². The van der Waals surface area contributed by atoms with E-state index in [4.69, 9.17) is 4.74 Å². The van der Waals surface area contributed by atoms with Gasteiger partial charge in [0.2, 0.25) is 5.91 Å². The summed E-state index contributed by atoms with van der Waals surface area (Å²) >= 11 is 1.53. The number of rotatable bonds is 4. The summed E-state index contributed by atoms with van der Waals surface area (Å²) in [6, 6.07) is 5.58. The number of thioether (sulfide) groups is 1. The molecule has 24 heavy (non-hydrogen) atoms. The normalized spacial score (nSPS) is 23.6. The summed E-state index contributed by atoms with van der Waals surface area (Å²) < 4.78 is 5.81. The molecule has 5 nitrogen and oxygen atoms in total. The van der Waals surface area contributed by atoms with E-state index in [9.17, 15) is 9.59 Å². The lowest BCUT2D eigenvalue weighted by molar-refractivity contribution is -0.115. The molecule has 1 fully saturated rings. The van der Waals surface area contributed by atoms with Gasteiger partial charge in [0.05, 0.1) is 17.0 Å². The highest BCUT2D eigenvalue weighted by Gasteiger charge is 2.27. The van der Waals surface area contributed by atoms with Crippen LogP contribution in [0.5, 0.6) is 0 Å². The molecule has 0 aromatic heterocycles. The minimum atomic E-state index is -0.0994. The van der Waals surface area contributed by atoms with Crippen LogP contribution in [0.4, 0.5) is 5.69 Å². The Kier molecular flexibility index (Phi) is 5.46. The summed E-state index contributed by atoms with van der Waals surface area (Å²) in [5.74, 6) is 0.00331. The molecule has 2 heterocycles. The minimum Gasteiger partial charge on any atom is -0.376 e. The third kappa shape index (κ3) is 3.75. The summed E-state index contributed by atoms with van der Waals surface area (Å²) in [6.07, 6.45) is 3.11. The fraction of sp³-hybridized carbons (Fsp3) is 0.556. The Labute approximate surface area is 147 Å². The molecule has 1 saturated heterocycles. The minimum absolute atomic E-state index is 0.0110. The summed E-state index contributed by atoms with van der Waals surface area (Å²) in [7, 11) is 0. The van der Waals surface area contributed by atoms with Crippen LogP contribution in [-0.2, 0) is 9.53 Å². The number of carbonyl (C=O) groups is 2. The number of hydrogen-bond acceptors (Lipinski definition) is 4. The molecule has 1 N–H and O–H groups in total. The van der Waals surface area contributed by atoms with Crippen molar-refractivity contribution in [1.82, 2.24) is 4.90 Å². The largest absolute Gasteiger partial charge is 0.376 e. The molecule has 0 bridgehead atoms. The van der Waals surface area contributed by atoms with Gasteiger partial charge in [-0.25, -0.2) is 0 Å². The van der Waals surface area contributed by atoms with Crippen LogP contribution in [0.15, 0.2) is 23.1 Å². The molecule has 0 spiro atoms. The molecule has 130 valence electrons. The number of benzene rings is 1. The lowest BCUT2D eigenvalue weighted by atomic mass is 10.1. The standard InChI is InChI=1S/C18H24N2O3S/c1-3-9-23-14-5-4-8-20(11-14)18(22)13-6-7-16-15(10-13)19-17(21)12(2)24-16/h6-7,10,12,14H,3-5,8-9,11H2,1-2H3,(H,19,21)/t12-,14-/m1/s1. The van der Waals surface area contributed by atoms with Gasteiger partial charge in [0.15, 0.2) is 0 Å². The van der Waals surface area contributed by atoms with Gasteiger partial charge in [-0.15, -0.1) is 11.8 Å². The molecular formula is C18H24N2O3S. The quantitative estimate of drug-likeness (QED) is 0.908. The molecule has 0 radical (unpaired) electrons. The summed E-state index contributed by atoms with van der Waals surface area (Å²) in [5, 5.41) is 2.79. The van der Waals surface area contributed by atoms with Gasteiger partial charge < -0.3 is 15.0 Å². The smallest absolute Gasteiger partial charge is 0.254 e. The summed E-state index contributed by atoms with van der Waals surface area (Å²) in [6.45, 7) is 6.12. The van der Waals surface area contributed by atoms with Gasteiger partial charge in [0.25, 0.3) is 5.91 Å². The zero-order valence-electron chi connectivity index (χ0n) is 14.2. The monoisotopic (exact) mass is 348 g/mol. The van der Waals surface area contributed by atoms with E-state index >= 15 is 0 Å². The molecule has 0 saturated carbocycles. The van der Waals surface area contributed by atoms with E-state index in [1.54, 1.807) is 6.07 Å². The van der Waals surface area contributed by atoms with Gasteiger partial charge >= 0.3 is 0 Å². The fourth-order valence-electron chi connectivity index (χ4n) is 3.07. The molecule has 1 aromatic rings. The van der Waals surface area contributed by atoms with Crippen LogP contribution >= 0.6 is 11.8 Å². The molecule has 0 aliphatic carbocycles. The fourth-order valence-corrected chi connectivity index (χ4v) is 4.00. The number of piperidine rings is 1.